The molecule has 0 aromatic heterocycles. The van der Waals surface area contributed by atoms with Gasteiger partial charge in [0.2, 0.25) is 11.8 Å². The quantitative estimate of drug-likeness (QED) is 0.825. The lowest BCUT2D eigenvalue weighted by Crippen LogP contribution is -2.62. The third-order valence-corrected chi connectivity index (χ3v) is 3.80. The van der Waals surface area contributed by atoms with Crippen molar-refractivity contribution >= 4 is 11.8 Å². The summed E-state index contributed by atoms with van der Waals surface area (Å²) in [5.41, 5.74) is -0.220. The van der Waals surface area contributed by atoms with E-state index in [0.717, 1.165) is 18.9 Å². The van der Waals surface area contributed by atoms with Gasteiger partial charge in [-0.05, 0) is 24.2 Å². The van der Waals surface area contributed by atoms with Crippen molar-refractivity contribution in [3.05, 3.63) is 0 Å². The highest BCUT2D eigenvalue weighted by atomic mass is 16.2. The molecule has 2 aliphatic rings. The van der Waals surface area contributed by atoms with Gasteiger partial charge in [-0.25, -0.2) is 0 Å². The van der Waals surface area contributed by atoms with Crippen molar-refractivity contribution in [3.63, 3.8) is 0 Å². The minimum atomic E-state index is -0.375. The topological polar surface area (TPSA) is 49.4 Å². The van der Waals surface area contributed by atoms with E-state index in [0.29, 0.717) is 0 Å². The lowest BCUT2D eigenvalue weighted by Gasteiger charge is -2.38. The summed E-state index contributed by atoms with van der Waals surface area (Å²) in [5.74, 6) is 0.941. The van der Waals surface area contributed by atoms with Crippen LogP contribution in [0.15, 0.2) is 0 Å². The van der Waals surface area contributed by atoms with Crippen LogP contribution in [0.1, 0.15) is 46.5 Å². The molecule has 0 aromatic carbocycles. The van der Waals surface area contributed by atoms with Crippen LogP contribution in [0.2, 0.25) is 0 Å². The van der Waals surface area contributed by atoms with E-state index in [-0.39, 0.29) is 29.8 Å². The highest BCUT2D eigenvalue weighted by Gasteiger charge is 2.39. The smallest absolute Gasteiger partial charge is 0.246 e. The van der Waals surface area contributed by atoms with Crippen LogP contribution >= 0.6 is 0 Å². The van der Waals surface area contributed by atoms with Crippen molar-refractivity contribution < 1.29 is 9.59 Å². The largest absolute Gasteiger partial charge is 0.342 e. The van der Waals surface area contributed by atoms with Crippen LogP contribution < -0.4 is 5.32 Å². The van der Waals surface area contributed by atoms with Crippen LogP contribution in [-0.4, -0.2) is 35.8 Å². The van der Waals surface area contributed by atoms with Crippen molar-refractivity contribution in [3.8, 4) is 0 Å². The average Bonchev–Trinajstić information content (AvgIpc) is 3.05. The lowest BCUT2D eigenvalue weighted by molar-refractivity contribution is -0.147. The molecule has 1 heterocycles. The Hall–Kier alpha value is -1.06. The van der Waals surface area contributed by atoms with Gasteiger partial charge in [0.05, 0.1) is 6.54 Å². The Morgan fingerprint density at radius 1 is 1.28 bits per heavy atom. The van der Waals surface area contributed by atoms with Gasteiger partial charge in [-0.15, -0.1) is 0 Å². The second-order valence-corrected chi connectivity index (χ2v) is 6.71. The zero-order valence-corrected chi connectivity index (χ0v) is 11.7. The second kappa shape index (κ2) is 4.90. The summed E-state index contributed by atoms with van der Waals surface area (Å²) in [6, 6.07) is -0.375. The molecule has 1 aliphatic heterocycles. The van der Waals surface area contributed by atoms with Gasteiger partial charge in [0.1, 0.15) is 6.04 Å². The number of carbonyl (C=O) groups excluding carboxylic acids is 2. The van der Waals surface area contributed by atoms with Gasteiger partial charge in [-0.3, -0.25) is 9.59 Å². The Morgan fingerprint density at radius 2 is 1.94 bits per heavy atom. The molecule has 1 unspecified atom stereocenters. The molecule has 4 heteroatoms. The van der Waals surface area contributed by atoms with Gasteiger partial charge in [0.25, 0.3) is 0 Å². The van der Waals surface area contributed by atoms with Gasteiger partial charge in [-0.1, -0.05) is 33.6 Å². The Kier molecular flexibility index (Phi) is 3.64. The highest BCUT2D eigenvalue weighted by molar-refractivity contribution is 5.95. The van der Waals surface area contributed by atoms with Crippen LogP contribution in [0.5, 0.6) is 0 Å². The monoisotopic (exact) mass is 252 g/mol. The molecule has 4 nitrogen and oxygen atoms in total. The summed E-state index contributed by atoms with van der Waals surface area (Å²) in [6.45, 7) is 6.93. The van der Waals surface area contributed by atoms with E-state index in [4.69, 9.17) is 0 Å². The minimum absolute atomic E-state index is 0.0269. The highest BCUT2D eigenvalue weighted by Crippen LogP contribution is 2.33. The summed E-state index contributed by atoms with van der Waals surface area (Å²) >= 11 is 0. The molecule has 1 aliphatic carbocycles. The van der Waals surface area contributed by atoms with E-state index in [1.54, 1.807) is 4.90 Å². The molecule has 1 atom stereocenters. The number of hydrogen-bond donors (Lipinski definition) is 1. The minimum Gasteiger partial charge on any atom is -0.342 e. The van der Waals surface area contributed by atoms with Crippen LogP contribution in [0.4, 0.5) is 0 Å². The van der Waals surface area contributed by atoms with Crippen molar-refractivity contribution in [1.29, 1.82) is 0 Å². The molecule has 2 rings (SSSR count). The Morgan fingerprint density at radius 3 is 2.50 bits per heavy atom. The number of hydrogen-bond acceptors (Lipinski definition) is 2. The fourth-order valence-electron chi connectivity index (χ4n) is 2.46. The van der Waals surface area contributed by atoms with Gasteiger partial charge in [-0.2, -0.15) is 0 Å². The number of nitrogens with one attached hydrogen (secondary N) is 1. The maximum Gasteiger partial charge on any atom is 0.246 e. The summed E-state index contributed by atoms with van der Waals surface area (Å²) in [7, 11) is 0. The predicted octanol–water partition coefficient (Wildman–Crippen LogP) is 1.55. The van der Waals surface area contributed by atoms with E-state index in [9.17, 15) is 9.59 Å². The fourth-order valence-corrected chi connectivity index (χ4v) is 2.46. The molecular weight excluding hydrogens is 228 g/mol. The molecule has 18 heavy (non-hydrogen) atoms. The van der Waals surface area contributed by atoms with E-state index in [2.05, 4.69) is 5.32 Å². The van der Waals surface area contributed by atoms with Crippen LogP contribution in [0.25, 0.3) is 0 Å². The number of nitrogens with zero attached hydrogens (tertiary/aromatic N) is 1. The normalized spacial score (nSPS) is 25.3. The number of amides is 2. The van der Waals surface area contributed by atoms with Gasteiger partial charge in [0.15, 0.2) is 0 Å². The van der Waals surface area contributed by atoms with Crippen LogP contribution in [0, 0.1) is 11.3 Å². The zero-order chi connectivity index (χ0) is 13.3. The van der Waals surface area contributed by atoms with Crippen LogP contribution in [0.3, 0.4) is 0 Å². The fraction of sp³-hybridized carbons (Fsp3) is 0.857. The molecule has 0 aromatic rings. The predicted molar refractivity (Wildman–Crippen MR) is 69.9 cm³/mol. The molecule has 1 saturated heterocycles. The standard InChI is InChI=1S/C14H24N2O2/c1-14(2,3)12-13(18)16(9-11(17)15-12)8-4-5-10-6-7-10/h10,12H,4-9H2,1-3H3,(H,15,17). The van der Waals surface area contributed by atoms with E-state index < -0.39 is 0 Å². The second-order valence-electron chi connectivity index (χ2n) is 6.71. The summed E-state index contributed by atoms with van der Waals surface area (Å²) in [5, 5.41) is 2.82. The van der Waals surface area contributed by atoms with E-state index in [1.165, 1.54) is 19.3 Å². The number of carbonyl (C=O) groups is 2. The van der Waals surface area contributed by atoms with Gasteiger partial charge >= 0.3 is 0 Å². The first-order valence-electron chi connectivity index (χ1n) is 6.96. The molecule has 1 saturated carbocycles. The van der Waals surface area contributed by atoms with Crippen molar-refractivity contribution in [2.45, 2.75) is 52.5 Å². The molecule has 2 amide bonds. The zero-order valence-electron chi connectivity index (χ0n) is 11.7. The maximum atomic E-state index is 12.3. The molecule has 2 fully saturated rings. The third kappa shape index (κ3) is 3.24. The first kappa shape index (κ1) is 13.4. The van der Waals surface area contributed by atoms with Gasteiger partial charge in [0, 0.05) is 6.54 Å². The van der Waals surface area contributed by atoms with Gasteiger partial charge < -0.3 is 10.2 Å². The molecule has 102 valence electrons. The summed E-state index contributed by atoms with van der Waals surface area (Å²) < 4.78 is 0. The molecule has 0 bridgehead atoms. The molecular formula is C14H24N2O2. The van der Waals surface area contributed by atoms with Crippen molar-refractivity contribution in [2.75, 3.05) is 13.1 Å². The first-order chi connectivity index (χ1) is 8.38. The molecule has 0 radical (unpaired) electrons. The third-order valence-electron chi connectivity index (χ3n) is 3.80. The van der Waals surface area contributed by atoms with Crippen molar-refractivity contribution in [2.24, 2.45) is 11.3 Å². The summed E-state index contributed by atoms with van der Waals surface area (Å²) in [6.07, 6.45) is 4.92. The maximum absolute atomic E-state index is 12.3. The average molecular weight is 252 g/mol. The Balaban J connectivity index is 1.91. The summed E-state index contributed by atoms with van der Waals surface area (Å²) in [4.78, 5) is 25.7. The van der Waals surface area contributed by atoms with Crippen LogP contribution in [-0.2, 0) is 9.59 Å². The molecule has 0 spiro atoms. The van der Waals surface area contributed by atoms with E-state index in [1.807, 2.05) is 20.8 Å². The number of rotatable bonds is 4. The van der Waals surface area contributed by atoms with E-state index >= 15 is 0 Å². The number of piperazine rings is 1. The SMILES string of the molecule is CC(C)(C)C1NC(=O)CN(CCCC2CC2)C1=O. The lowest BCUT2D eigenvalue weighted by atomic mass is 9.84. The first-order valence-corrected chi connectivity index (χ1v) is 6.96. The van der Waals surface area contributed by atoms with Crippen molar-refractivity contribution in [1.82, 2.24) is 10.2 Å². The Labute approximate surface area is 109 Å². The molecule has 1 N–H and O–H groups in total. The Bertz CT molecular complexity index is 342.